The molecular weight excluding hydrogens is 394 g/mol. The van der Waals surface area contributed by atoms with Crippen molar-refractivity contribution in [3.63, 3.8) is 0 Å². The van der Waals surface area contributed by atoms with E-state index in [1.54, 1.807) is 23.1 Å². The second-order valence-corrected chi connectivity index (χ2v) is 10.6. The van der Waals surface area contributed by atoms with Gasteiger partial charge in [0, 0.05) is 19.2 Å². The van der Waals surface area contributed by atoms with Gasteiger partial charge in [0.25, 0.3) is 5.91 Å². The van der Waals surface area contributed by atoms with Crippen molar-refractivity contribution in [2.75, 3.05) is 19.7 Å². The summed E-state index contributed by atoms with van der Waals surface area (Å²) in [6.45, 7) is 7.92. The summed E-state index contributed by atoms with van der Waals surface area (Å²) in [6.07, 6.45) is 5.27. The van der Waals surface area contributed by atoms with Crippen molar-refractivity contribution in [1.29, 1.82) is 0 Å². The van der Waals surface area contributed by atoms with Gasteiger partial charge in [-0.1, -0.05) is 20.8 Å². The average Bonchev–Trinajstić information content (AvgIpc) is 2.72. The summed E-state index contributed by atoms with van der Waals surface area (Å²) < 4.78 is 12.2. The molecule has 1 saturated carbocycles. The number of aliphatic hydroxyl groups excluding tert-OH is 1. The fourth-order valence-electron chi connectivity index (χ4n) is 5.20. The number of likely N-dealkylation sites (tertiary alicyclic amines) is 1. The zero-order chi connectivity index (χ0) is 22.2. The summed E-state index contributed by atoms with van der Waals surface area (Å²) in [5, 5.41) is 9.60. The first-order valence-electron chi connectivity index (χ1n) is 11.6. The van der Waals surface area contributed by atoms with Crippen LogP contribution in [-0.2, 0) is 4.79 Å². The van der Waals surface area contributed by atoms with Gasteiger partial charge in [-0.15, -0.1) is 0 Å². The molecule has 31 heavy (non-hydrogen) atoms. The third kappa shape index (κ3) is 4.89. The van der Waals surface area contributed by atoms with Gasteiger partial charge in [-0.05, 0) is 62.0 Å². The maximum Gasteiger partial charge on any atom is 0.260 e. The Bertz CT molecular complexity index is 827. The van der Waals surface area contributed by atoms with E-state index < -0.39 is 5.60 Å². The standard InChI is InChI=1S/C25H35NO5/c1-24(2,3)17-6-10-25(11-7-17)15-21(28)20-5-4-19(14-22(20)31-25)30-16-23(29)26-12-8-18(27)9-13-26/h4-5,14,17-18,27H,6-13,15-16H2,1-3H3. The van der Waals surface area contributed by atoms with Crippen LogP contribution in [0.5, 0.6) is 11.5 Å². The molecule has 1 spiro atoms. The summed E-state index contributed by atoms with van der Waals surface area (Å²) in [5.41, 5.74) is 0.472. The molecule has 3 aliphatic rings. The number of hydrogen-bond donors (Lipinski definition) is 1. The van der Waals surface area contributed by atoms with Crippen LogP contribution < -0.4 is 9.47 Å². The highest BCUT2D eigenvalue weighted by atomic mass is 16.5. The molecule has 0 bridgehead atoms. The van der Waals surface area contributed by atoms with Gasteiger partial charge in [-0.3, -0.25) is 9.59 Å². The second-order valence-electron chi connectivity index (χ2n) is 10.6. The molecule has 1 N–H and O–H groups in total. The van der Waals surface area contributed by atoms with E-state index in [0.717, 1.165) is 25.7 Å². The molecule has 2 heterocycles. The van der Waals surface area contributed by atoms with Crippen LogP contribution in [0.25, 0.3) is 0 Å². The predicted octanol–water partition coefficient (Wildman–Crippen LogP) is 3.99. The summed E-state index contributed by atoms with van der Waals surface area (Å²) in [6, 6.07) is 5.25. The Kier molecular flexibility index (Phi) is 6.03. The van der Waals surface area contributed by atoms with Crippen LogP contribution in [0.3, 0.4) is 0 Å². The van der Waals surface area contributed by atoms with Gasteiger partial charge in [-0.2, -0.15) is 0 Å². The number of rotatable bonds is 3. The Balaban J connectivity index is 1.40. The third-order valence-corrected chi connectivity index (χ3v) is 7.36. The Morgan fingerprint density at radius 1 is 1.19 bits per heavy atom. The molecule has 0 atom stereocenters. The van der Waals surface area contributed by atoms with E-state index >= 15 is 0 Å². The van der Waals surface area contributed by atoms with E-state index in [9.17, 15) is 14.7 Å². The first kappa shape index (κ1) is 22.1. The molecule has 2 aliphatic heterocycles. The number of Topliss-reactive ketones (excluding diaryl/α,β-unsaturated/α-hetero) is 1. The lowest BCUT2D eigenvalue weighted by atomic mass is 9.66. The van der Waals surface area contributed by atoms with Gasteiger partial charge in [0.1, 0.15) is 17.1 Å². The van der Waals surface area contributed by atoms with Crippen LogP contribution in [0.2, 0.25) is 0 Å². The molecule has 2 fully saturated rings. The number of ketones is 1. The molecule has 0 aromatic heterocycles. The number of nitrogens with zero attached hydrogens (tertiary/aromatic N) is 1. The third-order valence-electron chi connectivity index (χ3n) is 7.36. The minimum Gasteiger partial charge on any atom is -0.486 e. The minimum atomic E-state index is -0.408. The SMILES string of the molecule is CC(C)(C)C1CCC2(CC1)CC(=O)c1ccc(OCC(=O)N3CCC(O)CC3)cc1O2. The van der Waals surface area contributed by atoms with Gasteiger partial charge < -0.3 is 19.5 Å². The molecule has 6 heteroatoms. The van der Waals surface area contributed by atoms with Crippen molar-refractivity contribution in [3.05, 3.63) is 23.8 Å². The van der Waals surface area contributed by atoms with Crippen LogP contribution >= 0.6 is 0 Å². The number of amides is 1. The van der Waals surface area contributed by atoms with E-state index in [4.69, 9.17) is 9.47 Å². The summed E-state index contributed by atoms with van der Waals surface area (Å²) in [4.78, 5) is 27.0. The van der Waals surface area contributed by atoms with Crippen molar-refractivity contribution in [2.24, 2.45) is 11.3 Å². The predicted molar refractivity (Wildman–Crippen MR) is 117 cm³/mol. The smallest absolute Gasteiger partial charge is 0.260 e. The lowest BCUT2D eigenvalue weighted by molar-refractivity contribution is -0.135. The number of carbonyl (C=O) groups is 2. The Morgan fingerprint density at radius 3 is 2.52 bits per heavy atom. The number of aliphatic hydroxyl groups is 1. The largest absolute Gasteiger partial charge is 0.486 e. The van der Waals surface area contributed by atoms with Gasteiger partial charge in [0.05, 0.1) is 18.1 Å². The highest BCUT2D eigenvalue weighted by molar-refractivity contribution is 6.00. The van der Waals surface area contributed by atoms with Crippen molar-refractivity contribution in [3.8, 4) is 11.5 Å². The molecule has 6 nitrogen and oxygen atoms in total. The van der Waals surface area contributed by atoms with Crippen LogP contribution in [-0.4, -0.2) is 53.1 Å². The van der Waals surface area contributed by atoms with Crippen LogP contribution in [0.4, 0.5) is 0 Å². The van der Waals surface area contributed by atoms with Crippen LogP contribution in [0.15, 0.2) is 18.2 Å². The molecule has 1 aromatic rings. The highest BCUT2D eigenvalue weighted by Crippen LogP contribution is 2.47. The number of carbonyl (C=O) groups excluding carboxylic acids is 2. The number of piperidine rings is 1. The molecule has 1 aliphatic carbocycles. The Labute approximate surface area is 184 Å². The quantitative estimate of drug-likeness (QED) is 0.786. The first-order valence-corrected chi connectivity index (χ1v) is 11.6. The fraction of sp³-hybridized carbons (Fsp3) is 0.680. The molecular formula is C25H35NO5. The molecule has 4 rings (SSSR count). The van der Waals surface area contributed by atoms with Crippen molar-refractivity contribution in [2.45, 2.75) is 77.4 Å². The Morgan fingerprint density at radius 2 is 1.87 bits per heavy atom. The maximum absolute atomic E-state index is 12.8. The molecule has 0 unspecified atom stereocenters. The molecule has 1 amide bonds. The summed E-state index contributed by atoms with van der Waals surface area (Å²) in [7, 11) is 0. The average molecular weight is 430 g/mol. The van der Waals surface area contributed by atoms with Crippen molar-refractivity contribution in [1.82, 2.24) is 4.90 Å². The van der Waals surface area contributed by atoms with Crippen LogP contribution in [0, 0.1) is 11.3 Å². The van der Waals surface area contributed by atoms with Gasteiger partial charge in [-0.25, -0.2) is 0 Å². The van der Waals surface area contributed by atoms with E-state index in [2.05, 4.69) is 20.8 Å². The zero-order valence-electron chi connectivity index (χ0n) is 19.0. The minimum absolute atomic E-state index is 0.0543. The van der Waals surface area contributed by atoms with Gasteiger partial charge in [0.2, 0.25) is 0 Å². The van der Waals surface area contributed by atoms with Gasteiger partial charge in [0.15, 0.2) is 12.4 Å². The maximum atomic E-state index is 12.8. The normalized spacial score (nSPS) is 27.0. The number of fused-ring (bicyclic) bond motifs is 1. The lowest BCUT2D eigenvalue weighted by Gasteiger charge is -2.45. The second kappa shape index (κ2) is 8.45. The van der Waals surface area contributed by atoms with Crippen LogP contribution in [0.1, 0.15) is 76.1 Å². The van der Waals surface area contributed by atoms with Gasteiger partial charge >= 0.3 is 0 Å². The monoisotopic (exact) mass is 429 g/mol. The zero-order valence-corrected chi connectivity index (χ0v) is 19.0. The van der Waals surface area contributed by atoms with E-state index in [1.807, 2.05) is 0 Å². The fourth-order valence-corrected chi connectivity index (χ4v) is 5.20. The van der Waals surface area contributed by atoms with Crippen molar-refractivity contribution < 1.29 is 24.2 Å². The number of hydrogen-bond acceptors (Lipinski definition) is 5. The van der Waals surface area contributed by atoms with Crippen molar-refractivity contribution >= 4 is 11.7 Å². The highest BCUT2D eigenvalue weighted by Gasteiger charge is 2.45. The van der Waals surface area contributed by atoms with E-state index in [1.165, 1.54) is 0 Å². The lowest BCUT2D eigenvalue weighted by Crippen LogP contribution is -2.46. The summed E-state index contributed by atoms with van der Waals surface area (Å²) >= 11 is 0. The molecule has 1 aromatic carbocycles. The molecule has 1 saturated heterocycles. The molecule has 170 valence electrons. The first-order chi connectivity index (χ1) is 14.7. The van der Waals surface area contributed by atoms with E-state index in [0.29, 0.717) is 55.3 Å². The van der Waals surface area contributed by atoms with E-state index in [-0.39, 0.29) is 29.8 Å². The summed E-state index contributed by atoms with van der Waals surface area (Å²) in [5.74, 6) is 1.81. The topological polar surface area (TPSA) is 76.1 Å². The Hall–Kier alpha value is -2.08. The number of ether oxygens (including phenoxy) is 2. The molecule has 0 radical (unpaired) electrons. The number of benzene rings is 1.